The molecule has 0 spiro atoms. The average molecular weight is 384 g/mol. The van der Waals surface area contributed by atoms with Crippen molar-refractivity contribution in [2.75, 3.05) is 24.5 Å². The summed E-state index contributed by atoms with van der Waals surface area (Å²) in [5.74, 6) is 0.931. The zero-order chi connectivity index (χ0) is 18.8. The molecule has 1 aromatic carbocycles. The van der Waals surface area contributed by atoms with E-state index in [0.29, 0.717) is 23.0 Å². The second kappa shape index (κ2) is 7.80. The van der Waals surface area contributed by atoms with E-state index in [1.807, 2.05) is 42.2 Å². The molecule has 2 amide bonds. The number of amides is 2. The molecular formula is C21H25N3O2S. The predicted octanol–water partition coefficient (Wildman–Crippen LogP) is 4.31. The highest BCUT2D eigenvalue weighted by molar-refractivity contribution is 7.17. The molecule has 1 aliphatic carbocycles. The van der Waals surface area contributed by atoms with E-state index in [2.05, 4.69) is 4.98 Å². The van der Waals surface area contributed by atoms with Crippen LogP contribution in [0.3, 0.4) is 0 Å². The van der Waals surface area contributed by atoms with Crippen LogP contribution in [0.1, 0.15) is 46.6 Å². The summed E-state index contributed by atoms with van der Waals surface area (Å²) in [6.07, 6.45) is 4.93. The SMILES string of the molecule is Cc1nc(N2CCN(CCC3CC3)C2=O)sc1C(=O)CCc1ccccc1. The monoisotopic (exact) mass is 383 g/mol. The number of urea groups is 1. The minimum atomic E-state index is 0.0349. The van der Waals surface area contributed by atoms with Crippen LogP contribution in [-0.2, 0) is 6.42 Å². The van der Waals surface area contributed by atoms with Crippen molar-refractivity contribution in [3.05, 3.63) is 46.5 Å². The summed E-state index contributed by atoms with van der Waals surface area (Å²) < 4.78 is 0. The van der Waals surface area contributed by atoms with Gasteiger partial charge in [-0.1, -0.05) is 54.5 Å². The Bertz CT molecular complexity index is 829. The number of rotatable bonds is 8. The summed E-state index contributed by atoms with van der Waals surface area (Å²) in [6, 6.07) is 10.1. The van der Waals surface area contributed by atoms with E-state index in [4.69, 9.17) is 0 Å². The van der Waals surface area contributed by atoms with Gasteiger partial charge in [-0.15, -0.1) is 0 Å². The Balaban J connectivity index is 1.38. The van der Waals surface area contributed by atoms with Crippen molar-refractivity contribution in [1.29, 1.82) is 0 Å². The number of Topliss-reactive ketones (excluding diaryl/α,β-unsaturated/α-hetero) is 1. The Hall–Kier alpha value is -2.21. The molecule has 0 radical (unpaired) electrons. The molecule has 2 heterocycles. The van der Waals surface area contributed by atoms with Crippen LogP contribution >= 0.6 is 11.3 Å². The van der Waals surface area contributed by atoms with Crippen molar-refractivity contribution < 1.29 is 9.59 Å². The van der Waals surface area contributed by atoms with Gasteiger partial charge in [0.05, 0.1) is 10.6 Å². The molecule has 6 heteroatoms. The number of nitrogens with zero attached hydrogens (tertiary/aromatic N) is 3. The topological polar surface area (TPSA) is 53.5 Å². The van der Waals surface area contributed by atoms with Crippen LogP contribution in [0.5, 0.6) is 0 Å². The van der Waals surface area contributed by atoms with Gasteiger partial charge in [-0.3, -0.25) is 9.69 Å². The number of anilines is 1. The third-order valence-corrected chi connectivity index (χ3v) is 6.57. The molecule has 1 saturated carbocycles. The second-order valence-corrected chi connectivity index (χ2v) is 8.45. The zero-order valence-corrected chi connectivity index (χ0v) is 16.5. The first-order valence-corrected chi connectivity index (χ1v) is 10.5. The molecule has 0 unspecified atom stereocenters. The second-order valence-electron chi connectivity index (χ2n) is 7.47. The van der Waals surface area contributed by atoms with Crippen molar-refractivity contribution in [2.24, 2.45) is 5.92 Å². The van der Waals surface area contributed by atoms with Crippen molar-refractivity contribution in [1.82, 2.24) is 9.88 Å². The highest BCUT2D eigenvalue weighted by atomic mass is 32.1. The Labute approximate surface area is 164 Å². The van der Waals surface area contributed by atoms with E-state index in [1.54, 1.807) is 4.90 Å². The van der Waals surface area contributed by atoms with E-state index in [0.717, 1.165) is 43.1 Å². The summed E-state index contributed by atoms with van der Waals surface area (Å²) in [5.41, 5.74) is 1.89. The predicted molar refractivity (Wildman–Crippen MR) is 108 cm³/mol. The number of benzene rings is 1. The van der Waals surface area contributed by atoms with Crippen LogP contribution in [0.4, 0.5) is 9.93 Å². The van der Waals surface area contributed by atoms with E-state index in [1.165, 1.54) is 24.2 Å². The molecule has 2 aliphatic rings. The van der Waals surface area contributed by atoms with E-state index >= 15 is 0 Å². The summed E-state index contributed by atoms with van der Waals surface area (Å²) >= 11 is 1.36. The molecule has 0 bridgehead atoms. The average Bonchev–Trinajstić information content (AvgIpc) is 3.33. The normalized spacial score (nSPS) is 17.0. The number of aromatic nitrogens is 1. The largest absolute Gasteiger partial charge is 0.326 e. The Morgan fingerprint density at radius 3 is 2.74 bits per heavy atom. The highest BCUT2D eigenvalue weighted by Gasteiger charge is 2.33. The number of hydrogen-bond donors (Lipinski definition) is 0. The van der Waals surface area contributed by atoms with Crippen molar-refractivity contribution in [2.45, 2.75) is 39.0 Å². The van der Waals surface area contributed by atoms with Gasteiger partial charge in [-0.2, -0.15) is 0 Å². The van der Waals surface area contributed by atoms with Crippen molar-refractivity contribution >= 4 is 28.3 Å². The summed E-state index contributed by atoms with van der Waals surface area (Å²) in [7, 11) is 0. The molecule has 1 aliphatic heterocycles. The van der Waals surface area contributed by atoms with Gasteiger partial charge in [0.15, 0.2) is 10.9 Å². The smallest absolute Gasteiger partial charge is 0.322 e. The Morgan fingerprint density at radius 1 is 1.22 bits per heavy atom. The fraction of sp³-hybridized carbons (Fsp3) is 0.476. The fourth-order valence-corrected chi connectivity index (χ4v) is 4.54. The van der Waals surface area contributed by atoms with Crippen LogP contribution in [0.15, 0.2) is 30.3 Å². The maximum atomic E-state index is 12.7. The fourth-order valence-electron chi connectivity index (χ4n) is 3.48. The number of carbonyl (C=O) groups is 2. The minimum Gasteiger partial charge on any atom is -0.322 e. The van der Waals surface area contributed by atoms with Gasteiger partial charge in [0.25, 0.3) is 0 Å². The molecule has 27 heavy (non-hydrogen) atoms. The lowest BCUT2D eigenvalue weighted by Crippen LogP contribution is -2.32. The molecular weight excluding hydrogens is 358 g/mol. The molecule has 2 aromatic rings. The summed E-state index contributed by atoms with van der Waals surface area (Å²) in [5, 5.41) is 0.662. The quantitative estimate of drug-likeness (QED) is 0.638. The molecule has 4 rings (SSSR count). The molecule has 0 atom stereocenters. The standard InChI is InChI=1S/C21H25N3O2S/c1-15-19(18(25)10-9-16-5-3-2-4-6-16)27-20(22-15)24-14-13-23(21(24)26)12-11-17-7-8-17/h2-6,17H,7-14H2,1H3. The van der Waals surface area contributed by atoms with Gasteiger partial charge in [0.2, 0.25) is 0 Å². The van der Waals surface area contributed by atoms with E-state index < -0.39 is 0 Å². The lowest BCUT2D eigenvalue weighted by molar-refractivity contribution is 0.0986. The summed E-state index contributed by atoms with van der Waals surface area (Å²) in [6.45, 7) is 4.12. The maximum absolute atomic E-state index is 12.7. The third kappa shape index (κ3) is 4.21. The summed E-state index contributed by atoms with van der Waals surface area (Å²) in [4.78, 5) is 34.2. The lowest BCUT2D eigenvalue weighted by atomic mass is 10.1. The number of carbonyl (C=O) groups excluding carboxylic acids is 2. The van der Waals surface area contributed by atoms with Gasteiger partial charge in [-0.05, 0) is 31.2 Å². The highest BCUT2D eigenvalue weighted by Crippen LogP contribution is 2.34. The molecule has 2 fully saturated rings. The first-order chi connectivity index (χ1) is 13.1. The first-order valence-electron chi connectivity index (χ1n) is 9.73. The van der Waals surface area contributed by atoms with Crippen LogP contribution in [0.25, 0.3) is 0 Å². The molecule has 5 nitrogen and oxygen atoms in total. The number of ketones is 1. The van der Waals surface area contributed by atoms with Gasteiger partial charge < -0.3 is 4.90 Å². The molecule has 0 N–H and O–H groups in total. The van der Waals surface area contributed by atoms with Gasteiger partial charge in [-0.25, -0.2) is 9.78 Å². The van der Waals surface area contributed by atoms with Crippen molar-refractivity contribution in [3.63, 3.8) is 0 Å². The molecule has 1 saturated heterocycles. The first kappa shape index (κ1) is 18.2. The van der Waals surface area contributed by atoms with Gasteiger partial charge >= 0.3 is 6.03 Å². The van der Waals surface area contributed by atoms with Gasteiger partial charge in [0, 0.05) is 26.1 Å². The van der Waals surface area contributed by atoms with Gasteiger partial charge in [0.1, 0.15) is 0 Å². The van der Waals surface area contributed by atoms with Crippen molar-refractivity contribution in [3.8, 4) is 0 Å². The number of hydrogen-bond acceptors (Lipinski definition) is 4. The molecule has 142 valence electrons. The van der Waals surface area contributed by atoms with E-state index in [9.17, 15) is 9.59 Å². The Morgan fingerprint density at radius 2 is 2.00 bits per heavy atom. The maximum Gasteiger partial charge on any atom is 0.326 e. The minimum absolute atomic E-state index is 0.0349. The number of aryl methyl sites for hydroxylation is 2. The molecule has 1 aromatic heterocycles. The number of thiazole rings is 1. The third-order valence-electron chi connectivity index (χ3n) is 5.35. The zero-order valence-electron chi connectivity index (χ0n) is 15.7. The lowest BCUT2D eigenvalue weighted by Gasteiger charge is -2.16. The Kier molecular flexibility index (Phi) is 5.25. The van der Waals surface area contributed by atoms with Crippen LogP contribution in [0, 0.1) is 12.8 Å². The van der Waals surface area contributed by atoms with Crippen LogP contribution in [-0.4, -0.2) is 41.3 Å². The van der Waals surface area contributed by atoms with Crippen LogP contribution in [0.2, 0.25) is 0 Å². The van der Waals surface area contributed by atoms with Crippen LogP contribution < -0.4 is 4.90 Å². The van der Waals surface area contributed by atoms with E-state index in [-0.39, 0.29) is 11.8 Å².